The van der Waals surface area contributed by atoms with Crippen LogP contribution < -0.4 is 10.5 Å². The molecule has 1 aromatic rings. The molecule has 1 rings (SSSR count). The zero-order chi connectivity index (χ0) is 11.6. The highest BCUT2D eigenvalue weighted by Gasteiger charge is 2.29. The molecule has 0 spiro atoms. The predicted molar refractivity (Wildman–Crippen MR) is 60.5 cm³/mol. The summed E-state index contributed by atoms with van der Waals surface area (Å²) in [4.78, 5) is 0.824. The maximum atomic E-state index is 11.9. The van der Waals surface area contributed by atoms with Crippen molar-refractivity contribution in [2.24, 2.45) is 5.73 Å². The first kappa shape index (κ1) is 15.5. The number of aryl methyl sites for hydroxylation is 1. The molecule has 0 aliphatic heterocycles. The van der Waals surface area contributed by atoms with Crippen LogP contribution in [0.25, 0.3) is 0 Å². The topological polar surface area (TPSA) is 35.2 Å². The summed E-state index contributed by atoms with van der Waals surface area (Å²) in [6, 6.07) is 1.57. The molecule has 0 amide bonds. The Morgan fingerprint density at radius 3 is 2.44 bits per heavy atom. The first-order chi connectivity index (χ1) is 6.79. The van der Waals surface area contributed by atoms with Gasteiger partial charge >= 0.3 is 6.18 Å². The minimum Gasteiger partial charge on any atom is -0.474 e. The second-order valence-corrected chi connectivity index (χ2v) is 4.36. The molecule has 0 unspecified atom stereocenters. The molecule has 0 aromatic carbocycles. The highest BCUT2D eigenvalue weighted by atomic mass is 35.5. The standard InChI is InChI=1S/C9H12F3NOS.ClH/c1-5-3-7(6(2)13)15-8(5)14-4-9(10,11)12;/h3,6H,4,13H2,1-2H3;1H/t6-;/m1./s1. The third-order valence-corrected chi connectivity index (χ3v) is 3.06. The smallest absolute Gasteiger partial charge is 0.422 e. The lowest BCUT2D eigenvalue weighted by Crippen LogP contribution is -2.19. The van der Waals surface area contributed by atoms with E-state index in [9.17, 15) is 13.2 Å². The monoisotopic (exact) mass is 275 g/mol. The van der Waals surface area contributed by atoms with Gasteiger partial charge in [0.2, 0.25) is 0 Å². The average molecular weight is 276 g/mol. The van der Waals surface area contributed by atoms with Crippen molar-refractivity contribution >= 4 is 23.7 Å². The van der Waals surface area contributed by atoms with Crippen LogP contribution in [0.5, 0.6) is 5.06 Å². The molecule has 0 aliphatic rings. The summed E-state index contributed by atoms with van der Waals surface area (Å²) in [5.74, 6) is 0. The average Bonchev–Trinajstić information content (AvgIpc) is 2.42. The van der Waals surface area contributed by atoms with Gasteiger partial charge < -0.3 is 10.5 Å². The number of ether oxygens (including phenoxy) is 1. The van der Waals surface area contributed by atoms with Crippen LogP contribution in [-0.4, -0.2) is 12.8 Å². The maximum absolute atomic E-state index is 11.9. The van der Waals surface area contributed by atoms with Crippen molar-refractivity contribution in [1.29, 1.82) is 0 Å². The molecule has 0 saturated carbocycles. The van der Waals surface area contributed by atoms with E-state index >= 15 is 0 Å². The first-order valence-corrected chi connectivity index (χ1v) is 5.16. The van der Waals surface area contributed by atoms with Crippen LogP contribution in [-0.2, 0) is 0 Å². The van der Waals surface area contributed by atoms with E-state index in [2.05, 4.69) is 4.74 Å². The van der Waals surface area contributed by atoms with Crippen LogP contribution in [0.3, 0.4) is 0 Å². The van der Waals surface area contributed by atoms with Crippen LogP contribution in [0.1, 0.15) is 23.4 Å². The van der Waals surface area contributed by atoms with Crippen molar-refractivity contribution in [2.45, 2.75) is 26.1 Å². The molecule has 1 atom stereocenters. The predicted octanol–water partition coefficient (Wildman–Crippen LogP) is 3.44. The summed E-state index contributed by atoms with van der Waals surface area (Å²) in [5, 5.41) is 0.291. The van der Waals surface area contributed by atoms with Gasteiger partial charge in [0.25, 0.3) is 0 Å². The number of hydrogen-bond acceptors (Lipinski definition) is 3. The quantitative estimate of drug-likeness (QED) is 0.917. The summed E-state index contributed by atoms with van der Waals surface area (Å²) >= 11 is 1.16. The second-order valence-electron chi connectivity index (χ2n) is 3.31. The van der Waals surface area contributed by atoms with E-state index in [0.29, 0.717) is 10.6 Å². The molecule has 0 bridgehead atoms. The molecule has 1 aromatic heterocycles. The Hall–Kier alpha value is -0.460. The molecule has 0 saturated heterocycles. The first-order valence-electron chi connectivity index (χ1n) is 4.35. The number of rotatable bonds is 3. The fourth-order valence-corrected chi connectivity index (χ4v) is 1.98. The minimum absolute atomic E-state index is 0. The lowest BCUT2D eigenvalue weighted by Gasteiger charge is -2.07. The second kappa shape index (κ2) is 5.75. The summed E-state index contributed by atoms with van der Waals surface area (Å²) in [7, 11) is 0. The van der Waals surface area contributed by atoms with Gasteiger partial charge in [0.15, 0.2) is 11.7 Å². The van der Waals surface area contributed by atoms with Gasteiger partial charge in [-0.2, -0.15) is 13.2 Å². The summed E-state index contributed by atoms with van der Waals surface area (Å²) in [5.41, 5.74) is 6.30. The molecular weight excluding hydrogens is 263 g/mol. The summed E-state index contributed by atoms with van der Waals surface area (Å²) in [6.45, 7) is 2.22. The Bertz CT molecular complexity index is 338. The van der Waals surface area contributed by atoms with Crippen molar-refractivity contribution in [3.05, 3.63) is 16.5 Å². The van der Waals surface area contributed by atoms with Crippen molar-refractivity contribution < 1.29 is 17.9 Å². The third-order valence-electron chi connectivity index (χ3n) is 1.71. The Morgan fingerprint density at radius 1 is 1.50 bits per heavy atom. The molecular formula is C9H13ClF3NOS. The van der Waals surface area contributed by atoms with Crippen molar-refractivity contribution in [1.82, 2.24) is 0 Å². The van der Waals surface area contributed by atoms with E-state index in [-0.39, 0.29) is 18.4 Å². The Balaban J connectivity index is 0.00000225. The van der Waals surface area contributed by atoms with Gasteiger partial charge in [0.1, 0.15) is 0 Å². The van der Waals surface area contributed by atoms with E-state index in [4.69, 9.17) is 5.73 Å². The molecule has 7 heteroatoms. The lowest BCUT2D eigenvalue weighted by atomic mass is 10.2. The highest BCUT2D eigenvalue weighted by molar-refractivity contribution is 7.14. The maximum Gasteiger partial charge on any atom is 0.422 e. The molecule has 2 N–H and O–H groups in total. The Morgan fingerprint density at radius 2 is 2.06 bits per heavy atom. The number of alkyl halides is 3. The van der Waals surface area contributed by atoms with E-state index in [1.807, 2.05) is 0 Å². The van der Waals surface area contributed by atoms with Gasteiger partial charge in [-0.25, -0.2) is 0 Å². The van der Waals surface area contributed by atoms with Crippen LogP contribution in [0.15, 0.2) is 6.07 Å². The van der Waals surface area contributed by atoms with E-state index < -0.39 is 12.8 Å². The minimum atomic E-state index is -4.30. The molecule has 16 heavy (non-hydrogen) atoms. The van der Waals surface area contributed by atoms with Gasteiger partial charge in [0.05, 0.1) is 0 Å². The van der Waals surface area contributed by atoms with Gasteiger partial charge in [0, 0.05) is 16.5 Å². The van der Waals surface area contributed by atoms with E-state index in [1.54, 1.807) is 19.9 Å². The number of halogens is 4. The van der Waals surface area contributed by atoms with Crippen LogP contribution in [0, 0.1) is 6.92 Å². The van der Waals surface area contributed by atoms with Gasteiger partial charge in [-0.05, 0) is 19.9 Å². The fraction of sp³-hybridized carbons (Fsp3) is 0.556. The fourth-order valence-electron chi connectivity index (χ4n) is 1.00. The molecule has 0 radical (unpaired) electrons. The van der Waals surface area contributed by atoms with Gasteiger partial charge in [-0.15, -0.1) is 23.7 Å². The number of hydrogen-bond donors (Lipinski definition) is 1. The van der Waals surface area contributed by atoms with Crippen molar-refractivity contribution in [2.75, 3.05) is 6.61 Å². The molecule has 1 heterocycles. The van der Waals surface area contributed by atoms with Crippen LogP contribution >= 0.6 is 23.7 Å². The largest absolute Gasteiger partial charge is 0.474 e. The Labute approximate surface area is 102 Å². The molecule has 0 aliphatic carbocycles. The summed E-state index contributed by atoms with van der Waals surface area (Å²) < 4.78 is 40.3. The van der Waals surface area contributed by atoms with Gasteiger partial charge in [-0.3, -0.25) is 0 Å². The SMILES string of the molecule is Cc1cc([C@@H](C)N)sc1OCC(F)(F)F.Cl. The number of nitrogens with two attached hydrogens (primary N) is 1. The normalized spacial score (nSPS) is 13.1. The van der Waals surface area contributed by atoms with E-state index in [1.165, 1.54) is 0 Å². The van der Waals surface area contributed by atoms with E-state index in [0.717, 1.165) is 16.2 Å². The zero-order valence-electron chi connectivity index (χ0n) is 8.80. The Kier molecular flexibility index (Phi) is 5.58. The van der Waals surface area contributed by atoms with Crippen molar-refractivity contribution in [3.8, 4) is 5.06 Å². The molecule has 94 valence electrons. The van der Waals surface area contributed by atoms with Crippen LogP contribution in [0.2, 0.25) is 0 Å². The summed E-state index contributed by atoms with van der Waals surface area (Å²) in [6.07, 6.45) is -4.30. The highest BCUT2D eigenvalue weighted by Crippen LogP contribution is 2.33. The van der Waals surface area contributed by atoms with Crippen LogP contribution in [0.4, 0.5) is 13.2 Å². The van der Waals surface area contributed by atoms with Crippen molar-refractivity contribution in [3.63, 3.8) is 0 Å². The third kappa shape index (κ3) is 4.59. The molecule has 2 nitrogen and oxygen atoms in total. The number of thiophene rings is 1. The molecule has 0 fully saturated rings. The zero-order valence-corrected chi connectivity index (χ0v) is 10.4. The lowest BCUT2D eigenvalue weighted by molar-refractivity contribution is -0.153. The van der Waals surface area contributed by atoms with Gasteiger partial charge in [-0.1, -0.05) is 0 Å².